The maximum atomic E-state index is 9.95. The monoisotopic (exact) mass is 195 g/mol. The van der Waals surface area contributed by atoms with Gasteiger partial charge in [0.2, 0.25) is 0 Å². The van der Waals surface area contributed by atoms with Gasteiger partial charge in [-0.25, -0.2) is 0 Å². The standard InChI is InChI=1S/C10H10ClNO/c1-8(7-12-13)6-9-2-4-10(11)5-3-9/h2-6H,7H2,1H3/b8-6+. The van der Waals surface area contributed by atoms with Crippen LogP contribution in [0.25, 0.3) is 6.08 Å². The van der Waals surface area contributed by atoms with Crippen LogP contribution in [0, 0.1) is 4.91 Å². The molecule has 0 unspecified atom stereocenters. The lowest BCUT2D eigenvalue weighted by Crippen LogP contribution is -1.81. The number of halogens is 1. The van der Waals surface area contributed by atoms with Crippen LogP contribution in [0.3, 0.4) is 0 Å². The maximum absolute atomic E-state index is 9.95. The van der Waals surface area contributed by atoms with Gasteiger partial charge in [-0.2, -0.15) is 4.91 Å². The Bertz CT molecular complexity index is 316. The van der Waals surface area contributed by atoms with E-state index < -0.39 is 0 Å². The first-order chi connectivity index (χ1) is 6.22. The van der Waals surface area contributed by atoms with Gasteiger partial charge in [0.1, 0.15) is 6.54 Å². The minimum absolute atomic E-state index is 0.239. The molecule has 0 fully saturated rings. The van der Waals surface area contributed by atoms with Crippen molar-refractivity contribution < 1.29 is 0 Å². The summed E-state index contributed by atoms with van der Waals surface area (Å²) in [5, 5.41) is 3.52. The van der Waals surface area contributed by atoms with Crippen LogP contribution in [-0.2, 0) is 0 Å². The fourth-order valence-electron chi connectivity index (χ4n) is 0.991. The highest BCUT2D eigenvalue weighted by atomic mass is 35.5. The van der Waals surface area contributed by atoms with Crippen molar-refractivity contribution >= 4 is 17.7 Å². The minimum atomic E-state index is 0.239. The molecule has 3 heteroatoms. The zero-order valence-corrected chi connectivity index (χ0v) is 8.08. The molecule has 0 bridgehead atoms. The zero-order chi connectivity index (χ0) is 9.68. The van der Waals surface area contributed by atoms with Gasteiger partial charge in [-0.05, 0) is 30.2 Å². The highest BCUT2D eigenvalue weighted by molar-refractivity contribution is 6.30. The summed E-state index contributed by atoms with van der Waals surface area (Å²) in [7, 11) is 0. The van der Waals surface area contributed by atoms with Crippen LogP contribution in [-0.4, -0.2) is 6.54 Å². The highest BCUT2D eigenvalue weighted by Gasteiger charge is 1.91. The fourth-order valence-corrected chi connectivity index (χ4v) is 1.12. The molecule has 0 atom stereocenters. The van der Waals surface area contributed by atoms with Gasteiger partial charge in [0.25, 0.3) is 0 Å². The Morgan fingerprint density at radius 1 is 1.46 bits per heavy atom. The second-order valence-electron chi connectivity index (χ2n) is 2.83. The Balaban J connectivity index is 2.78. The molecule has 0 aliphatic heterocycles. The number of rotatable bonds is 3. The van der Waals surface area contributed by atoms with E-state index in [0.29, 0.717) is 5.02 Å². The Morgan fingerprint density at radius 3 is 2.62 bits per heavy atom. The van der Waals surface area contributed by atoms with E-state index in [1.165, 1.54) is 0 Å². The number of hydrogen-bond acceptors (Lipinski definition) is 2. The van der Waals surface area contributed by atoms with Crippen molar-refractivity contribution in [2.75, 3.05) is 6.54 Å². The summed E-state index contributed by atoms with van der Waals surface area (Å²) in [6.45, 7) is 2.11. The highest BCUT2D eigenvalue weighted by Crippen LogP contribution is 2.12. The van der Waals surface area contributed by atoms with Crippen LogP contribution < -0.4 is 0 Å². The number of benzene rings is 1. The third-order valence-corrected chi connectivity index (χ3v) is 1.85. The molecule has 0 spiro atoms. The van der Waals surface area contributed by atoms with E-state index in [2.05, 4.69) is 5.18 Å². The molecule has 0 aromatic heterocycles. The molecule has 1 aromatic rings. The molecule has 0 N–H and O–H groups in total. The minimum Gasteiger partial charge on any atom is -0.150 e. The van der Waals surface area contributed by atoms with E-state index in [1.54, 1.807) is 0 Å². The molecule has 2 nitrogen and oxygen atoms in total. The van der Waals surface area contributed by atoms with Crippen LogP contribution in [0.15, 0.2) is 35.0 Å². The molecule has 0 aliphatic carbocycles. The normalized spacial score (nSPS) is 11.4. The molecule has 0 radical (unpaired) electrons. The number of nitroso groups, excluding NO2 is 1. The topological polar surface area (TPSA) is 29.4 Å². The van der Waals surface area contributed by atoms with E-state index in [4.69, 9.17) is 11.6 Å². The van der Waals surface area contributed by atoms with Gasteiger partial charge in [0.15, 0.2) is 0 Å². The first kappa shape index (κ1) is 9.93. The molecule has 0 aliphatic rings. The molecule has 13 heavy (non-hydrogen) atoms. The zero-order valence-electron chi connectivity index (χ0n) is 7.33. The van der Waals surface area contributed by atoms with Crippen molar-refractivity contribution in [3.8, 4) is 0 Å². The Hall–Kier alpha value is -1.15. The Labute approximate surface area is 82.2 Å². The van der Waals surface area contributed by atoms with Gasteiger partial charge >= 0.3 is 0 Å². The summed E-state index contributed by atoms with van der Waals surface area (Å²) in [6, 6.07) is 7.43. The van der Waals surface area contributed by atoms with Gasteiger partial charge in [-0.15, -0.1) is 0 Å². The summed E-state index contributed by atoms with van der Waals surface area (Å²) in [6.07, 6.45) is 1.91. The number of hydrogen-bond donors (Lipinski definition) is 0. The van der Waals surface area contributed by atoms with Gasteiger partial charge in [0, 0.05) is 5.02 Å². The second-order valence-corrected chi connectivity index (χ2v) is 3.27. The SMILES string of the molecule is C/C(=C\c1ccc(Cl)cc1)CN=O. The summed E-state index contributed by atoms with van der Waals surface area (Å²) in [5.74, 6) is 0. The van der Waals surface area contributed by atoms with Gasteiger partial charge in [-0.3, -0.25) is 0 Å². The van der Waals surface area contributed by atoms with Crippen LogP contribution in [0.2, 0.25) is 5.02 Å². The van der Waals surface area contributed by atoms with E-state index in [0.717, 1.165) is 11.1 Å². The van der Waals surface area contributed by atoms with Crippen molar-refractivity contribution in [3.05, 3.63) is 45.3 Å². The fraction of sp³-hybridized carbons (Fsp3) is 0.200. The molecule has 0 saturated heterocycles. The van der Waals surface area contributed by atoms with Gasteiger partial charge < -0.3 is 0 Å². The van der Waals surface area contributed by atoms with Crippen LogP contribution in [0.1, 0.15) is 12.5 Å². The predicted molar refractivity (Wildman–Crippen MR) is 55.8 cm³/mol. The Morgan fingerprint density at radius 2 is 2.08 bits per heavy atom. The smallest absolute Gasteiger partial charge is 0.102 e. The molecule has 68 valence electrons. The van der Waals surface area contributed by atoms with Crippen molar-refractivity contribution in [1.29, 1.82) is 0 Å². The number of nitrogens with zero attached hydrogens (tertiary/aromatic N) is 1. The van der Waals surface area contributed by atoms with Crippen molar-refractivity contribution in [2.45, 2.75) is 6.92 Å². The maximum Gasteiger partial charge on any atom is 0.102 e. The summed E-state index contributed by atoms with van der Waals surface area (Å²) < 4.78 is 0. The molecular weight excluding hydrogens is 186 g/mol. The molecule has 0 saturated carbocycles. The van der Waals surface area contributed by atoms with Crippen LogP contribution >= 0.6 is 11.6 Å². The molecule has 1 rings (SSSR count). The summed E-state index contributed by atoms with van der Waals surface area (Å²) >= 11 is 5.72. The molecule has 0 amide bonds. The van der Waals surface area contributed by atoms with Gasteiger partial charge in [0.05, 0.1) is 0 Å². The first-order valence-electron chi connectivity index (χ1n) is 3.94. The lowest BCUT2D eigenvalue weighted by molar-refractivity contribution is 1.13. The quantitative estimate of drug-likeness (QED) is 0.679. The predicted octanol–water partition coefficient (Wildman–Crippen LogP) is 3.51. The first-order valence-corrected chi connectivity index (χ1v) is 4.32. The van der Waals surface area contributed by atoms with Crippen molar-refractivity contribution in [3.63, 3.8) is 0 Å². The third kappa shape index (κ3) is 3.38. The third-order valence-electron chi connectivity index (χ3n) is 1.60. The average molecular weight is 196 g/mol. The van der Waals surface area contributed by atoms with E-state index in [-0.39, 0.29) is 6.54 Å². The van der Waals surface area contributed by atoms with Crippen LogP contribution in [0.5, 0.6) is 0 Å². The summed E-state index contributed by atoms with van der Waals surface area (Å²) in [5.41, 5.74) is 1.97. The van der Waals surface area contributed by atoms with E-state index in [9.17, 15) is 4.91 Å². The lowest BCUT2D eigenvalue weighted by atomic mass is 10.1. The second kappa shape index (κ2) is 4.77. The molecule has 1 aromatic carbocycles. The van der Waals surface area contributed by atoms with E-state index >= 15 is 0 Å². The van der Waals surface area contributed by atoms with Crippen molar-refractivity contribution in [1.82, 2.24) is 0 Å². The average Bonchev–Trinajstić information content (AvgIpc) is 2.09. The summed E-state index contributed by atoms with van der Waals surface area (Å²) in [4.78, 5) is 9.95. The molecular formula is C10H10ClNO. The van der Waals surface area contributed by atoms with Crippen molar-refractivity contribution in [2.24, 2.45) is 5.18 Å². The molecule has 0 heterocycles. The van der Waals surface area contributed by atoms with Crippen LogP contribution in [0.4, 0.5) is 0 Å². The van der Waals surface area contributed by atoms with Gasteiger partial charge in [-0.1, -0.05) is 35.0 Å². The largest absolute Gasteiger partial charge is 0.150 e. The Kier molecular flexibility index (Phi) is 3.65. The lowest BCUT2D eigenvalue weighted by Gasteiger charge is -1.95. The van der Waals surface area contributed by atoms with E-state index in [1.807, 2.05) is 37.3 Å².